The van der Waals surface area contributed by atoms with E-state index in [0.29, 0.717) is 10.6 Å². The maximum absolute atomic E-state index is 13.3. The Bertz CT molecular complexity index is 578. The summed E-state index contributed by atoms with van der Waals surface area (Å²) in [6, 6.07) is 8.34. The minimum Gasteiger partial charge on any atom is -0.309 e. The highest BCUT2D eigenvalue weighted by atomic mass is 35.5. The molecule has 0 aromatic heterocycles. The molecule has 5 heteroatoms. The Morgan fingerprint density at radius 2 is 1.63 bits per heavy atom. The summed E-state index contributed by atoms with van der Waals surface area (Å²) in [6.45, 7) is 0. The average Bonchev–Trinajstić information content (AvgIpc) is 2.39. The molecule has 2 aromatic carbocycles. The Morgan fingerprint density at radius 3 is 2.16 bits per heavy atom. The van der Waals surface area contributed by atoms with Gasteiger partial charge >= 0.3 is 0 Å². The van der Waals surface area contributed by atoms with Gasteiger partial charge in [-0.15, -0.1) is 0 Å². The van der Waals surface area contributed by atoms with Crippen molar-refractivity contribution < 1.29 is 13.2 Å². The minimum atomic E-state index is -1.47. The lowest BCUT2D eigenvalue weighted by molar-refractivity contribution is 0.443. The van der Waals surface area contributed by atoms with Crippen LogP contribution in [0, 0.1) is 17.5 Å². The smallest absolute Gasteiger partial charge is 0.194 e. The van der Waals surface area contributed by atoms with Crippen molar-refractivity contribution in [2.24, 2.45) is 0 Å². The molecule has 0 heterocycles. The fourth-order valence-electron chi connectivity index (χ4n) is 1.95. The van der Waals surface area contributed by atoms with E-state index in [0.717, 1.165) is 12.1 Å². The van der Waals surface area contributed by atoms with Gasteiger partial charge in [0.05, 0.1) is 6.04 Å². The van der Waals surface area contributed by atoms with Crippen molar-refractivity contribution in [1.82, 2.24) is 5.32 Å². The van der Waals surface area contributed by atoms with E-state index in [1.54, 1.807) is 31.3 Å². The zero-order valence-electron chi connectivity index (χ0n) is 10.1. The molecule has 2 rings (SSSR count). The summed E-state index contributed by atoms with van der Waals surface area (Å²) < 4.78 is 39.5. The van der Waals surface area contributed by atoms with Gasteiger partial charge in [-0.1, -0.05) is 29.8 Å². The molecule has 2 aromatic rings. The summed E-state index contributed by atoms with van der Waals surface area (Å²) in [5.74, 6) is -3.91. The molecule has 0 spiro atoms. The van der Waals surface area contributed by atoms with Crippen LogP contribution in [-0.2, 0) is 0 Å². The van der Waals surface area contributed by atoms with Crippen LogP contribution in [-0.4, -0.2) is 7.05 Å². The molecular formula is C14H11ClF3N. The van der Waals surface area contributed by atoms with Crippen molar-refractivity contribution in [1.29, 1.82) is 0 Å². The second kappa shape index (κ2) is 5.63. The Kier molecular flexibility index (Phi) is 4.12. The van der Waals surface area contributed by atoms with E-state index in [1.807, 2.05) is 0 Å². The number of halogens is 4. The highest BCUT2D eigenvalue weighted by Crippen LogP contribution is 2.29. The number of hydrogen-bond acceptors (Lipinski definition) is 1. The van der Waals surface area contributed by atoms with Gasteiger partial charge in [0.2, 0.25) is 0 Å². The fraction of sp³-hybridized carbons (Fsp3) is 0.143. The minimum absolute atomic E-state index is 0.270. The van der Waals surface area contributed by atoms with Crippen LogP contribution in [0.2, 0.25) is 5.02 Å². The molecule has 0 aliphatic carbocycles. The molecule has 0 aliphatic rings. The van der Waals surface area contributed by atoms with E-state index >= 15 is 0 Å². The summed E-state index contributed by atoms with van der Waals surface area (Å²) in [7, 11) is 1.63. The van der Waals surface area contributed by atoms with Gasteiger partial charge in [-0.05, 0) is 36.4 Å². The van der Waals surface area contributed by atoms with Crippen molar-refractivity contribution in [3.05, 3.63) is 70.0 Å². The predicted octanol–water partition coefficient (Wildman–Crippen LogP) is 4.07. The normalized spacial score (nSPS) is 12.5. The van der Waals surface area contributed by atoms with Crippen LogP contribution in [0.5, 0.6) is 0 Å². The molecule has 100 valence electrons. The van der Waals surface area contributed by atoms with Crippen LogP contribution in [0.3, 0.4) is 0 Å². The SMILES string of the molecule is CNC(c1cc(F)c(F)c(F)c1)c1ccccc1Cl. The van der Waals surface area contributed by atoms with Crippen LogP contribution in [0.1, 0.15) is 17.2 Å². The highest BCUT2D eigenvalue weighted by Gasteiger charge is 2.19. The monoisotopic (exact) mass is 285 g/mol. The molecule has 0 saturated heterocycles. The van der Waals surface area contributed by atoms with E-state index in [9.17, 15) is 13.2 Å². The molecule has 1 N–H and O–H groups in total. The first-order valence-corrected chi connectivity index (χ1v) is 5.98. The van der Waals surface area contributed by atoms with E-state index < -0.39 is 23.5 Å². The van der Waals surface area contributed by atoms with Gasteiger partial charge < -0.3 is 5.32 Å². The van der Waals surface area contributed by atoms with Crippen molar-refractivity contribution in [3.8, 4) is 0 Å². The molecule has 0 amide bonds. The Balaban J connectivity index is 2.52. The largest absolute Gasteiger partial charge is 0.309 e. The van der Waals surface area contributed by atoms with Crippen molar-refractivity contribution in [2.75, 3.05) is 7.05 Å². The van der Waals surface area contributed by atoms with Crippen LogP contribution < -0.4 is 5.32 Å². The van der Waals surface area contributed by atoms with E-state index in [1.165, 1.54) is 0 Å². The van der Waals surface area contributed by atoms with Gasteiger partial charge in [-0.2, -0.15) is 0 Å². The van der Waals surface area contributed by atoms with E-state index in [4.69, 9.17) is 11.6 Å². The van der Waals surface area contributed by atoms with E-state index in [2.05, 4.69) is 5.32 Å². The Morgan fingerprint density at radius 1 is 1.05 bits per heavy atom. The van der Waals surface area contributed by atoms with E-state index in [-0.39, 0.29) is 5.56 Å². The third-order valence-corrected chi connectivity index (χ3v) is 3.19. The van der Waals surface area contributed by atoms with Crippen molar-refractivity contribution >= 4 is 11.6 Å². The molecular weight excluding hydrogens is 275 g/mol. The number of rotatable bonds is 3. The molecule has 0 radical (unpaired) electrons. The summed E-state index contributed by atoms with van der Waals surface area (Å²) >= 11 is 6.06. The molecule has 0 aliphatic heterocycles. The second-order valence-electron chi connectivity index (χ2n) is 4.04. The van der Waals surface area contributed by atoms with Gasteiger partial charge in [0.25, 0.3) is 0 Å². The summed E-state index contributed by atoms with van der Waals surface area (Å²) in [5, 5.41) is 3.37. The first-order chi connectivity index (χ1) is 9.04. The van der Waals surface area contributed by atoms with Crippen LogP contribution in [0.25, 0.3) is 0 Å². The third-order valence-electron chi connectivity index (χ3n) is 2.84. The maximum Gasteiger partial charge on any atom is 0.194 e. The third kappa shape index (κ3) is 2.74. The first-order valence-electron chi connectivity index (χ1n) is 5.60. The lowest BCUT2D eigenvalue weighted by Crippen LogP contribution is -2.18. The molecule has 1 unspecified atom stereocenters. The van der Waals surface area contributed by atoms with Crippen LogP contribution in [0.4, 0.5) is 13.2 Å². The maximum atomic E-state index is 13.3. The lowest BCUT2D eigenvalue weighted by atomic mass is 9.98. The van der Waals surface area contributed by atoms with Gasteiger partial charge in [0, 0.05) is 5.02 Å². The molecule has 1 atom stereocenters. The van der Waals surface area contributed by atoms with Gasteiger partial charge in [-0.3, -0.25) is 0 Å². The summed E-state index contributed by atoms with van der Waals surface area (Å²) in [6.07, 6.45) is 0. The predicted molar refractivity (Wildman–Crippen MR) is 68.7 cm³/mol. The molecule has 0 saturated carbocycles. The first kappa shape index (κ1) is 13.9. The second-order valence-corrected chi connectivity index (χ2v) is 4.45. The van der Waals surface area contributed by atoms with Gasteiger partial charge in [-0.25, -0.2) is 13.2 Å². The van der Waals surface area contributed by atoms with Crippen molar-refractivity contribution in [2.45, 2.75) is 6.04 Å². The number of benzene rings is 2. The van der Waals surface area contributed by atoms with Gasteiger partial charge in [0.1, 0.15) is 0 Å². The zero-order chi connectivity index (χ0) is 14.0. The average molecular weight is 286 g/mol. The van der Waals surface area contributed by atoms with Crippen LogP contribution >= 0.6 is 11.6 Å². The standard InChI is InChI=1S/C14H11ClF3N/c1-19-14(9-4-2-3-5-10(9)15)8-6-11(16)13(18)12(17)7-8/h2-7,14,19H,1H3. The lowest BCUT2D eigenvalue weighted by Gasteiger charge is -2.18. The molecule has 1 nitrogen and oxygen atoms in total. The summed E-state index contributed by atoms with van der Waals surface area (Å²) in [5.41, 5.74) is 0.934. The molecule has 19 heavy (non-hydrogen) atoms. The topological polar surface area (TPSA) is 12.0 Å². The van der Waals surface area contributed by atoms with Crippen LogP contribution in [0.15, 0.2) is 36.4 Å². The van der Waals surface area contributed by atoms with Crippen molar-refractivity contribution in [3.63, 3.8) is 0 Å². The highest BCUT2D eigenvalue weighted by molar-refractivity contribution is 6.31. The zero-order valence-corrected chi connectivity index (χ0v) is 10.8. The molecule has 0 fully saturated rings. The number of hydrogen-bond donors (Lipinski definition) is 1. The Labute approximate surface area is 114 Å². The number of nitrogens with one attached hydrogen (secondary N) is 1. The summed E-state index contributed by atoms with van der Waals surface area (Å²) in [4.78, 5) is 0. The quantitative estimate of drug-likeness (QED) is 0.839. The Hall–Kier alpha value is -1.52. The fourth-order valence-corrected chi connectivity index (χ4v) is 2.20. The van der Waals surface area contributed by atoms with Gasteiger partial charge in [0.15, 0.2) is 17.5 Å². The molecule has 0 bridgehead atoms.